The van der Waals surface area contributed by atoms with Gasteiger partial charge in [-0.25, -0.2) is 13.4 Å². The molecule has 2 aromatic heterocycles. The van der Waals surface area contributed by atoms with Gasteiger partial charge in [0, 0.05) is 30.4 Å². The molecule has 0 unspecified atom stereocenters. The summed E-state index contributed by atoms with van der Waals surface area (Å²) >= 11 is 0. The molecule has 2 atom stereocenters. The molecule has 0 aromatic carbocycles. The number of pyridine rings is 2. The summed E-state index contributed by atoms with van der Waals surface area (Å²) in [6.07, 6.45) is 4.24. The predicted molar refractivity (Wildman–Crippen MR) is 89.5 cm³/mol. The molecule has 0 saturated carbocycles. The molecular weight excluding hydrogens is 346 g/mol. The van der Waals surface area contributed by atoms with E-state index >= 15 is 0 Å². The van der Waals surface area contributed by atoms with E-state index in [0.717, 1.165) is 6.26 Å². The van der Waals surface area contributed by atoms with Gasteiger partial charge in [-0.3, -0.25) is 9.78 Å². The Morgan fingerprint density at radius 1 is 1.24 bits per heavy atom. The highest BCUT2D eigenvalue weighted by molar-refractivity contribution is 7.90. The molecule has 1 amide bonds. The van der Waals surface area contributed by atoms with Crippen LogP contribution in [0.3, 0.4) is 0 Å². The Kier molecular flexibility index (Phi) is 6.18. The lowest BCUT2D eigenvalue weighted by Crippen LogP contribution is -2.32. The van der Waals surface area contributed by atoms with Crippen LogP contribution in [0.4, 0.5) is 0 Å². The molecule has 8 nitrogen and oxygen atoms in total. The van der Waals surface area contributed by atoms with E-state index < -0.39 is 34.5 Å². The van der Waals surface area contributed by atoms with Gasteiger partial charge in [0.05, 0.1) is 18.8 Å². The quantitative estimate of drug-likeness (QED) is 0.634. The van der Waals surface area contributed by atoms with Crippen molar-refractivity contribution in [2.45, 2.75) is 23.6 Å². The van der Waals surface area contributed by atoms with E-state index in [9.17, 15) is 18.3 Å². The molecule has 0 radical (unpaired) electrons. The number of aromatic nitrogens is 2. The van der Waals surface area contributed by atoms with E-state index in [1.165, 1.54) is 36.8 Å². The van der Waals surface area contributed by atoms with E-state index in [2.05, 4.69) is 15.3 Å². The first-order valence-corrected chi connectivity index (χ1v) is 9.36. The van der Waals surface area contributed by atoms with Gasteiger partial charge in [-0.2, -0.15) is 0 Å². The number of aliphatic hydroxyl groups is 2. The third-order valence-corrected chi connectivity index (χ3v) is 4.49. The molecule has 9 heteroatoms. The first-order valence-electron chi connectivity index (χ1n) is 7.47. The summed E-state index contributed by atoms with van der Waals surface area (Å²) in [5.41, 5.74) is 0.834. The molecule has 2 aromatic rings. The number of carbonyl (C=O) groups is 1. The molecule has 134 valence electrons. The first-order chi connectivity index (χ1) is 11.8. The summed E-state index contributed by atoms with van der Waals surface area (Å²) in [6, 6.07) is 5.26. The number of amides is 1. The maximum Gasteiger partial charge on any atom is 0.251 e. The molecule has 3 N–H and O–H groups in total. The Morgan fingerprint density at radius 2 is 1.92 bits per heavy atom. The molecule has 2 rings (SSSR count). The van der Waals surface area contributed by atoms with Crippen LogP contribution in [0.25, 0.3) is 0 Å². The highest BCUT2D eigenvalue weighted by atomic mass is 32.2. The third kappa shape index (κ3) is 5.31. The van der Waals surface area contributed by atoms with Crippen molar-refractivity contribution in [1.82, 2.24) is 15.3 Å². The van der Waals surface area contributed by atoms with Gasteiger partial charge in [0.25, 0.3) is 5.91 Å². The van der Waals surface area contributed by atoms with Crippen molar-refractivity contribution in [2.24, 2.45) is 0 Å². The van der Waals surface area contributed by atoms with Gasteiger partial charge in [-0.15, -0.1) is 0 Å². The minimum Gasteiger partial charge on any atom is -0.394 e. The van der Waals surface area contributed by atoms with Crippen molar-refractivity contribution >= 4 is 15.7 Å². The van der Waals surface area contributed by atoms with Crippen molar-refractivity contribution in [1.29, 1.82) is 0 Å². The highest BCUT2D eigenvalue weighted by Gasteiger charge is 2.21. The van der Waals surface area contributed by atoms with Gasteiger partial charge in [0.2, 0.25) is 0 Å². The molecule has 0 aliphatic heterocycles. The summed E-state index contributed by atoms with van der Waals surface area (Å²) in [5.74, 6) is -0.407. The zero-order valence-electron chi connectivity index (χ0n) is 13.5. The van der Waals surface area contributed by atoms with Crippen LogP contribution in [0.5, 0.6) is 0 Å². The van der Waals surface area contributed by atoms with Crippen LogP contribution in [-0.4, -0.2) is 53.5 Å². The molecule has 0 aliphatic rings. The Hall–Kier alpha value is -2.36. The number of sulfone groups is 1. The minimum absolute atomic E-state index is 0.0144. The second kappa shape index (κ2) is 8.15. The lowest BCUT2D eigenvalue weighted by molar-refractivity contribution is 0.0739. The molecule has 0 saturated heterocycles. The Bertz CT molecular complexity index is 827. The van der Waals surface area contributed by atoms with Crippen LogP contribution < -0.4 is 5.32 Å². The minimum atomic E-state index is -3.52. The average molecular weight is 365 g/mol. The van der Waals surface area contributed by atoms with Crippen LogP contribution in [0, 0.1) is 0 Å². The first kappa shape index (κ1) is 19.0. The Morgan fingerprint density at radius 3 is 2.52 bits per heavy atom. The molecule has 2 heterocycles. The Labute approximate surface area is 145 Å². The molecule has 0 aliphatic carbocycles. The monoisotopic (exact) mass is 365 g/mol. The van der Waals surface area contributed by atoms with Gasteiger partial charge in [0.15, 0.2) is 14.9 Å². The van der Waals surface area contributed by atoms with Crippen LogP contribution in [0.2, 0.25) is 0 Å². The van der Waals surface area contributed by atoms with Crippen LogP contribution in [-0.2, 0) is 9.84 Å². The molecule has 0 spiro atoms. The largest absolute Gasteiger partial charge is 0.394 e. The number of carbonyl (C=O) groups excluding carboxylic acids is 1. The fourth-order valence-corrected chi connectivity index (χ4v) is 2.82. The molecular formula is C16H19N3O5S. The number of rotatable bonds is 7. The van der Waals surface area contributed by atoms with E-state index in [0.29, 0.717) is 11.1 Å². The normalized spacial score (nSPS) is 13.9. The molecule has 0 bridgehead atoms. The fourth-order valence-electron chi connectivity index (χ4n) is 2.21. The molecule has 0 fully saturated rings. The summed E-state index contributed by atoms with van der Waals surface area (Å²) in [6.45, 7) is -0.481. The maximum absolute atomic E-state index is 12.4. The predicted octanol–water partition coefficient (Wildman–Crippen LogP) is 0.0945. The summed E-state index contributed by atoms with van der Waals surface area (Å²) in [7, 11) is -3.52. The van der Waals surface area contributed by atoms with Gasteiger partial charge < -0.3 is 15.5 Å². The van der Waals surface area contributed by atoms with E-state index in [4.69, 9.17) is 5.11 Å². The Balaban J connectivity index is 2.31. The SMILES string of the molecule is CS(=O)(=O)c1cc([C@H](C[C@@H](O)CO)NC(=O)c2ccncc2)ccn1. The zero-order chi connectivity index (χ0) is 18.4. The van der Waals surface area contributed by atoms with Crippen LogP contribution in [0.15, 0.2) is 47.9 Å². The lowest BCUT2D eigenvalue weighted by atomic mass is 10.0. The van der Waals surface area contributed by atoms with Gasteiger partial charge in [-0.05, 0) is 36.2 Å². The number of nitrogens with zero attached hydrogens (tertiary/aromatic N) is 2. The van der Waals surface area contributed by atoms with Gasteiger partial charge in [-0.1, -0.05) is 0 Å². The van der Waals surface area contributed by atoms with E-state index in [-0.39, 0.29) is 11.4 Å². The summed E-state index contributed by atoms with van der Waals surface area (Å²) < 4.78 is 23.4. The van der Waals surface area contributed by atoms with Crippen LogP contribution in [0.1, 0.15) is 28.4 Å². The van der Waals surface area contributed by atoms with Gasteiger partial charge >= 0.3 is 0 Å². The second-order valence-electron chi connectivity index (χ2n) is 5.53. The van der Waals surface area contributed by atoms with Crippen molar-refractivity contribution < 1.29 is 23.4 Å². The second-order valence-corrected chi connectivity index (χ2v) is 7.50. The third-order valence-electron chi connectivity index (χ3n) is 3.51. The topological polar surface area (TPSA) is 129 Å². The van der Waals surface area contributed by atoms with Gasteiger partial charge in [0.1, 0.15) is 0 Å². The van der Waals surface area contributed by atoms with Crippen molar-refractivity contribution in [2.75, 3.05) is 12.9 Å². The zero-order valence-corrected chi connectivity index (χ0v) is 14.3. The van der Waals surface area contributed by atoms with Crippen molar-refractivity contribution in [3.05, 3.63) is 54.0 Å². The molecule has 25 heavy (non-hydrogen) atoms. The number of aliphatic hydroxyl groups excluding tert-OH is 2. The van der Waals surface area contributed by atoms with Crippen molar-refractivity contribution in [3.63, 3.8) is 0 Å². The summed E-state index contributed by atoms with van der Waals surface area (Å²) in [4.78, 5) is 20.0. The highest BCUT2D eigenvalue weighted by Crippen LogP contribution is 2.21. The van der Waals surface area contributed by atoms with Crippen LogP contribution >= 0.6 is 0 Å². The number of nitrogens with one attached hydrogen (secondary N) is 1. The average Bonchev–Trinajstić information content (AvgIpc) is 2.61. The smallest absolute Gasteiger partial charge is 0.251 e. The van der Waals surface area contributed by atoms with Crippen molar-refractivity contribution in [3.8, 4) is 0 Å². The standard InChI is InChI=1S/C16H19N3O5S/c1-25(23,24)15-8-12(4-7-18-15)14(9-13(21)10-20)19-16(22)11-2-5-17-6-3-11/h2-8,13-14,20-21H,9-10H2,1H3,(H,19,22)/t13-,14+/m1/s1. The fraction of sp³-hybridized carbons (Fsp3) is 0.312. The maximum atomic E-state index is 12.4. The lowest BCUT2D eigenvalue weighted by Gasteiger charge is -2.21. The number of hydrogen-bond acceptors (Lipinski definition) is 7. The van der Waals surface area contributed by atoms with E-state index in [1.54, 1.807) is 6.07 Å². The number of hydrogen-bond donors (Lipinski definition) is 3. The summed E-state index contributed by atoms with van der Waals surface area (Å²) in [5, 5.41) is 21.4. The van der Waals surface area contributed by atoms with E-state index in [1.807, 2.05) is 0 Å².